The smallest absolute Gasteiger partial charge is 0.407 e. The molecule has 2 aliphatic rings. The molecule has 1 fully saturated rings. The van der Waals surface area contributed by atoms with Gasteiger partial charge in [0.1, 0.15) is 12.6 Å². The summed E-state index contributed by atoms with van der Waals surface area (Å²) in [6.07, 6.45) is -0.490. The number of carbonyl (C=O) groups is 3. The maximum Gasteiger partial charge on any atom is 0.407 e. The second-order valence-electron chi connectivity index (χ2n) is 9.23. The molecule has 182 valence electrons. The summed E-state index contributed by atoms with van der Waals surface area (Å²) in [5.74, 6) is 4.40. The number of alkyl carbamates (subject to hydrolysis) is 1. The van der Waals surface area contributed by atoms with Gasteiger partial charge in [-0.1, -0.05) is 55.5 Å². The third-order valence-corrected chi connectivity index (χ3v) is 6.93. The highest BCUT2D eigenvalue weighted by Gasteiger charge is 2.37. The van der Waals surface area contributed by atoms with Crippen LogP contribution in [0, 0.1) is 23.7 Å². The largest absolute Gasteiger partial charge is 0.481 e. The number of nitrogens with one attached hydrogen (secondary N) is 1. The van der Waals surface area contributed by atoms with E-state index >= 15 is 0 Å². The van der Waals surface area contributed by atoms with Crippen LogP contribution in [0.15, 0.2) is 48.5 Å². The first-order valence-corrected chi connectivity index (χ1v) is 11.9. The topological polar surface area (TPSA) is 95.9 Å². The molecule has 1 aliphatic heterocycles. The number of carbonyl (C=O) groups excluding carboxylic acids is 2. The van der Waals surface area contributed by atoms with E-state index in [-0.39, 0.29) is 43.1 Å². The van der Waals surface area contributed by atoms with Gasteiger partial charge in [-0.05, 0) is 41.0 Å². The molecule has 7 nitrogen and oxygen atoms in total. The van der Waals surface area contributed by atoms with E-state index in [9.17, 15) is 14.4 Å². The van der Waals surface area contributed by atoms with Gasteiger partial charge in [-0.15, -0.1) is 11.8 Å². The summed E-state index contributed by atoms with van der Waals surface area (Å²) >= 11 is 0. The number of carboxylic acid groups (broad SMARTS) is 1. The zero-order valence-corrected chi connectivity index (χ0v) is 20.0. The first-order valence-electron chi connectivity index (χ1n) is 11.9. The molecule has 0 saturated carbocycles. The lowest BCUT2D eigenvalue weighted by atomic mass is 9.95. The molecule has 4 rings (SSSR count). The van der Waals surface area contributed by atoms with Crippen molar-refractivity contribution in [1.82, 2.24) is 10.2 Å². The van der Waals surface area contributed by atoms with Crippen molar-refractivity contribution in [1.29, 1.82) is 0 Å². The summed E-state index contributed by atoms with van der Waals surface area (Å²) in [6.45, 7) is 4.59. The van der Waals surface area contributed by atoms with Crippen molar-refractivity contribution in [3.8, 4) is 23.0 Å². The summed E-state index contributed by atoms with van der Waals surface area (Å²) in [6, 6.07) is 15.3. The van der Waals surface area contributed by atoms with Gasteiger partial charge >= 0.3 is 12.1 Å². The number of hydrogen-bond acceptors (Lipinski definition) is 4. The fourth-order valence-electron chi connectivity index (χ4n) is 5.11. The van der Waals surface area contributed by atoms with Crippen LogP contribution < -0.4 is 5.32 Å². The van der Waals surface area contributed by atoms with E-state index in [0.717, 1.165) is 22.3 Å². The van der Waals surface area contributed by atoms with Crippen LogP contribution in [0.25, 0.3) is 11.1 Å². The van der Waals surface area contributed by atoms with Crippen LogP contribution in [0.3, 0.4) is 0 Å². The Balaban J connectivity index is 1.41. The van der Waals surface area contributed by atoms with E-state index in [2.05, 4.69) is 29.3 Å². The molecule has 2 amide bonds. The summed E-state index contributed by atoms with van der Waals surface area (Å²) < 4.78 is 5.61. The highest BCUT2D eigenvalue weighted by molar-refractivity contribution is 5.86. The Morgan fingerprint density at radius 1 is 1.09 bits per heavy atom. The van der Waals surface area contributed by atoms with E-state index in [1.54, 1.807) is 11.8 Å². The lowest BCUT2D eigenvalue weighted by Crippen LogP contribution is -2.48. The minimum absolute atomic E-state index is 0.0180. The second-order valence-corrected chi connectivity index (χ2v) is 9.23. The number of likely N-dealkylation sites (tertiary alicyclic amines) is 1. The SMILES string of the molecule is CC#CCC(NC(=O)OCC1c2ccccc2-c2ccccc21)C(=O)N1C[C@@H](CC(=O)O)[C@H](C)C1. The minimum Gasteiger partial charge on any atom is -0.481 e. The number of ether oxygens (including phenoxy) is 1. The van der Waals surface area contributed by atoms with Gasteiger partial charge in [-0.2, -0.15) is 0 Å². The molecular formula is C28H30N2O5. The quantitative estimate of drug-likeness (QED) is 0.594. The van der Waals surface area contributed by atoms with E-state index in [4.69, 9.17) is 9.84 Å². The molecule has 35 heavy (non-hydrogen) atoms. The normalized spacial score (nSPS) is 19.2. The minimum atomic E-state index is -0.874. The van der Waals surface area contributed by atoms with Gasteiger partial charge < -0.3 is 20.1 Å². The maximum atomic E-state index is 13.2. The number of benzene rings is 2. The summed E-state index contributed by atoms with van der Waals surface area (Å²) in [4.78, 5) is 38.7. The highest BCUT2D eigenvalue weighted by atomic mass is 16.5. The van der Waals surface area contributed by atoms with Crippen molar-refractivity contribution in [3.63, 3.8) is 0 Å². The lowest BCUT2D eigenvalue weighted by molar-refractivity contribution is -0.138. The third-order valence-electron chi connectivity index (χ3n) is 6.93. The molecule has 2 aromatic carbocycles. The van der Waals surface area contributed by atoms with Crippen LogP contribution >= 0.6 is 0 Å². The van der Waals surface area contributed by atoms with E-state index in [1.807, 2.05) is 43.3 Å². The fraction of sp³-hybridized carbons (Fsp3) is 0.393. The summed E-state index contributed by atoms with van der Waals surface area (Å²) in [5, 5.41) is 11.8. The molecule has 0 radical (unpaired) electrons. The van der Waals surface area contributed by atoms with Gasteiger partial charge in [0.2, 0.25) is 5.91 Å². The molecule has 1 heterocycles. The Labute approximate surface area is 205 Å². The van der Waals surface area contributed by atoms with Gasteiger partial charge in [0.15, 0.2) is 0 Å². The molecule has 2 aromatic rings. The van der Waals surface area contributed by atoms with Gasteiger partial charge in [0.05, 0.1) is 6.42 Å². The van der Waals surface area contributed by atoms with Crippen molar-refractivity contribution < 1.29 is 24.2 Å². The lowest BCUT2D eigenvalue weighted by Gasteiger charge is -2.23. The average Bonchev–Trinajstić information content (AvgIpc) is 3.37. The first-order chi connectivity index (χ1) is 16.9. The van der Waals surface area contributed by atoms with Crippen molar-refractivity contribution in [2.75, 3.05) is 19.7 Å². The van der Waals surface area contributed by atoms with Crippen LogP contribution in [-0.4, -0.2) is 53.7 Å². The molecule has 7 heteroatoms. The fourth-order valence-corrected chi connectivity index (χ4v) is 5.11. The van der Waals surface area contributed by atoms with Gasteiger partial charge in [0, 0.05) is 25.4 Å². The molecule has 1 unspecified atom stereocenters. The van der Waals surface area contributed by atoms with Crippen LogP contribution in [0.1, 0.15) is 43.7 Å². The van der Waals surface area contributed by atoms with Crippen LogP contribution in [0.2, 0.25) is 0 Å². The third kappa shape index (κ3) is 5.32. The maximum absolute atomic E-state index is 13.2. The molecule has 0 bridgehead atoms. The molecule has 0 spiro atoms. The van der Waals surface area contributed by atoms with Crippen molar-refractivity contribution in [2.45, 2.75) is 38.6 Å². The second kappa shape index (κ2) is 10.6. The first kappa shape index (κ1) is 24.3. The number of carboxylic acids is 1. The van der Waals surface area contributed by atoms with Crippen molar-refractivity contribution in [2.24, 2.45) is 11.8 Å². The predicted molar refractivity (Wildman–Crippen MR) is 132 cm³/mol. The molecule has 3 atom stereocenters. The van der Waals surface area contributed by atoms with E-state index in [1.165, 1.54) is 0 Å². The number of fused-ring (bicyclic) bond motifs is 3. The summed E-state index contributed by atoms with van der Waals surface area (Å²) in [7, 11) is 0. The number of hydrogen-bond donors (Lipinski definition) is 2. The number of nitrogens with zero attached hydrogens (tertiary/aromatic N) is 1. The van der Waals surface area contributed by atoms with Crippen molar-refractivity contribution in [3.05, 3.63) is 59.7 Å². The Morgan fingerprint density at radius 2 is 1.71 bits per heavy atom. The monoisotopic (exact) mass is 474 g/mol. The molecule has 2 N–H and O–H groups in total. The zero-order chi connectivity index (χ0) is 24.9. The predicted octanol–water partition coefficient (Wildman–Crippen LogP) is 3.88. The number of rotatable bonds is 7. The van der Waals surface area contributed by atoms with Crippen LogP contribution in [-0.2, 0) is 14.3 Å². The van der Waals surface area contributed by atoms with Gasteiger partial charge in [-0.25, -0.2) is 4.79 Å². The van der Waals surface area contributed by atoms with E-state index < -0.39 is 18.1 Å². The Bertz CT molecular complexity index is 1140. The van der Waals surface area contributed by atoms with E-state index in [0.29, 0.717) is 13.1 Å². The van der Waals surface area contributed by atoms with Crippen LogP contribution in [0.4, 0.5) is 4.79 Å². The van der Waals surface area contributed by atoms with Gasteiger partial charge in [0.25, 0.3) is 0 Å². The Morgan fingerprint density at radius 3 is 2.31 bits per heavy atom. The van der Waals surface area contributed by atoms with Gasteiger partial charge in [-0.3, -0.25) is 9.59 Å². The zero-order valence-electron chi connectivity index (χ0n) is 20.0. The van der Waals surface area contributed by atoms with Crippen LogP contribution in [0.5, 0.6) is 0 Å². The Hall–Kier alpha value is -3.79. The molecular weight excluding hydrogens is 444 g/mol. The molecule has 0 aromatic heterocycles. The number of amides is 2. The van der Waals surface area contributed by atoms with Crippen molar-refractivity contribution >= 4 is 18.0 Å². The average molecular weight is 475 g/mol. The molecule has 1 aliphatic carbocycles. The number of aliphatic carboxylic acids is 1. The Kier molecular flexibility index (Phi) is 7.40. The highest BCUT2D eigenvalue weighted by Crippen LogP contribution is 2.44. The molecule has 1 saturated heterocycles. The standard InChI is InChI=1S/C28H30N2O5/c1-3-4-13-25(27(33)30-15-18(2)19(16-30)14-26(31)32)29-28(34)35-17-24-22-11-7-5-9-20(22)21-10-6-8-12-23(21)24/h5-12,18-19,24-25H,13-17H2,1-2H3,(H,29,34)(H,31,32)/t18-,19-,25?/m1/s1. The summed E-state index contributed by atoms with van der Waals surface area (Å²) in [5.41, 5.74) is 4.51.